The Kier molecular flexibility index (Phi) is 2.54. The average Bonchev–Trinajstić information content (AvgIpc) is 2.45. The minimum absolute atomic E-state index is 0.751. The predicted molar refractivity (Wildman–Crippen MR) is 59.8 cm³/mol. The first-order chi connectivity index (χ1) is 7.15. The van der Waals surface area contributed by atoms with E-state index in [1.165, 1.54) is 5.69 Å². The van der Waals surface area contributed by atoms with E-state index in [-0.39, 0.29) is 0 Å². The highest BCUT2D eigenvalue weighted by molar-refractivity contribution is 5.13. The first-order valence-corrected chi connectivity index (χ1v) is 5.09. The molecule has 0 unspecified atom stereocenters. The van der Waals surface area contributed by atoms with E-state index in [1.807, 2.05) is 36.7 Å². The van der Waals surface area contributed by atoms with Crippen LogP contribution in [-0.4, -0.2) is 14.8 Å². The summed E-state index contributed by atoms with van der Waals surface area (Å²) in [5.74, 6) is 0. The van der Waals surface area contributed by atoms with Crippen molar-refractivity contribution in [3.05, 3.63) is 47.0 Å². The van der Waals surface area contributed by atoms with Gasteiger partial charge in [0.1, 0.15) is 0 Å². The maximum atomic E-state index is 4.46. The fourth-order valence-corrected chi connectivity index (χ4v) is 1.68. The van der Waals surface area contributed by atoms with Crippen LogP contribution in [0.15, 0.2) is 24.3 Å². The van der Waals surface area contributed by atoms with Crippen LogP contribution in [0.25, 0.3) is 0 Å². The van der Waals surface area contributed by atoms with Crippen molar-refractivity contribution in [3.63, 3.8) is 0 Å². The van der Waals surface area contributed by atoms with Crippen LogP contribution < -0.4 is 0 Å². The molecule has 2 rings (SSSR count). The van der Waals surface area contributed by atoms with Gasteiger partial charge < -0.3 is 0 Å². The van der Waals surface area contributed by atoms with Crippen LogP contribution in [0.5, 0.6) is 0 Å². The van der Waals surface area contributed by atoms with Gasteiger partial charge in [0.15, 0.2) is 0 Å². The lowest BCUT2D eigenvalue weighted by Crippen LogP contribution is -2.05. The molecule has 0 fully saturated rings. The largest absolute Gasteiger partial charge is 0.264 e. The Hall–Kier alpha value is -1.64. The summed E-state index contributed by atoms with van der Waals surface area (Å²) in [6.45, 7) is 6.83. The molecule has 0 aliphatic rings. The molecule has 0 bridgehead atoms. The third-order valence-corrected chi connectivity index (χ3v) is 2.36. The summed E-state index contributed by atoms with van der Waals surface area (Å²) in [6.07, 6.45) is 0. The van der Waals surface area contributed by atoms with E-state index in [4.69, 9.17) is 0 Å². The van der Waals surface area contributed by atoms with Crippen LogP contribution >= 0.6 is 0 Å². The van der Waals surface area contributed by atoms with Gasteiger partial charge in [0.2, 0.25) is 0 Å². The van der Waals surface area contributed by atoms with E-state index in [0.717, 1.165) is 23.6 Å². The Bertz CT molecular complexity index is 471. The molecule has 3 nitrogen and oxygen atoms in total. The highest BCUT2D eigenvalue weighted by Gasteiger charge is 2.02. The average molecular weight is 201 g/mol. The molecule has 78 valence electrons. The first kappa shape index (κ1) is 9.90. The van der Waals surface area contributed by atoms with Crippen LogP contribution in [0.3, 0.4) is 0 Å². The van der Waals surface area contributed by atoms with Gasteiger partial charge >= 0.3 is 0 Å². The van der Waals surface area contributed by atoms with Crippen LogP contribution in [0.4, 0.5) is 0 Å². The number of rotatable bonds is 2. The number of nitrogens with zero attached hydrogens (tertiary/aromatic N) is 3. The lowest BCUT2D eigenvalue weighted by molar-refractivity contribution is 0.645. The molecular formula is C12H15N3. The number of aryl methyl sites for hydroxylation is 3. The highest BCUT2D eigenvalue weighted by Crippen LogP contribution is 2.06. The standard InChI is InChI=1S/C12H15N3/c1-9-5-4-6-12(13-9)8-15-11(3)7-10(2)14-15/h4-7H,8H2,1-3H3. The molecule has 0 radical (unpaired) electrons. The summed E-state index contributed by atoms with van der Waals surface area (Å²) in [4.78, 5) is 4.46. The monoisotopic (exact) mass is 201 g/mol. The molecule has 0 atom stereocenters. The molecule has 3 heteroatoms. The van der Waals surface area contributed by atoms with Gasteiger partial charge in [-0.25, -0.2) is 0 Å². The molecule has 2 aromatic rings. The summed E-state index contributed by atoms with van der Waals surface area (Å²) in [5, 5.41) is 4.41. The zero-order chi connectivity index (χ0) is 10.8. The maximum Gasteiger partial charge on any atom is 0.0834 e. The fraction of sp³-hybridized carbons (Fsp3) is 0.333. The second-order valence-electron chi connectivity index (χ2n) is 3.86. The zero-order valence-electron chi connectivity index (χ0n) is 9.36. The van der Waals surface area contributed by atoms with Crippen LogP contribution in [0, 0.1) is 20.8 Å². The van der Waals surface area contributed by atoms with Crippen molar-refractivity contribution >= 4 is 0 Å². The van der Waals surface area contributed by atoms with E-state index in [2.05, 4.69) is 23.1 Å². The topological polar surface area (TPSA) is 30.7 Å². The van der Waals surface area contributed by atoms with Crippen LogP contribution in [0.1, 0.15) is 22.8 Å². The number of hydrogen-bond donors (Lipinski definition) is 0. The SMILES string of the molecule is Cc1cccc(Cn2nc(C)cc2C)n1. The summed E-state index contributed by atoms with van der Waals surface area (Å²) in [7, 11) is 0. The van der Waals surface area contributed by atoms with Crippen LogP contribution in [-0.2, 0) is 6.54 Å². The summed E-state index contributed by atoms with van der Waals surface area (Å²) in [5.41, 5.74) is 4.34. The van der Waals surface area contributed by atoms with Crippen molar-refractivity contribution in [2.75, 3.05) is 0 Å². The lowest BCUT2D eigenvalue weighted by Gasteiger charge is -2.04. The van der Waals surface area contributed by atoms with Crippen molar-refractivity contribution in [2.45, 2.75) is 27.3 Å². The second-order valence-corrected chi connectivity index (χ2v) is 3.86. The highest BCUT2D eigenvalue weighted by atomic mass is 15.3. The molecule has 0 aromatic carbocycles. The Morgan fingerprint density at radius 3 is 2.53 bits per heavy atom. The van der Waals surface area contributed by atoms with Gasteiger partial charge in [0, 0.05) is 11.4 Å². The van der Waals surface area contributed by atoms with Crippen LogP contribution in [0.2, 0.25) is 0 Å². The van der Waals surface area contributed by atoms with Gasteiger partial charge in [-0.1, -0.05) is 6.07 Å². The van der Waals surface area contributed by atoms with Gasteiger partial charge in [0.05, 0.1) is 17.9 Å². The molecule has 2 heterocycles. The third-order valence-electron chi connectivity index (χ3n) is 2.36. The van der Waals surface area contributed by atoms with Crippen molar-refractivity contribution in [1.82, 2.24) is 14.8 Å². The smallest absolute Gasteiger partial charge is 0.0834 e. The molecule has 0 N–H and O–H groups in total. The normalized spacial score (nSPS) is 10.6. The lowest BCUT2D eigenvalue weighted by atomic mass is 10.3. The molecule has 15 heavy (non-hydrogen) atoms. The third kappa shape index (κ3) is 2.24. The van der Waals surface area contributed by atoms with Gasteiger partial charge in [-0.15, -0.1) is 0 Å². The van der Waals surface area contributed by atoms with E-state index in [0.29, 0.717) is 0 Å². The van der Waals surface area contributed by atoms with Crippen molar-refractivity contribution in [3.8, 4) is 0 Å². The number of hydrogen-bond acceptors (Lipinski definition) is 2. The van der Waals surface area contributed by atoms with E-state index in [1.54, 1.807) is 0 Å². The maximum absolute atomic E-state index is 4.46. The zero-order valence-corrected chi connectivity index (χ0v) is 9.36. The Labute approximate surface area is 89.8 Å². The van der Waals surface area contributed by atoms with Crippen molar-refractivity contribution in [2.24, 2.45) is 0 Å². The van der Waals surface area contributed by atoms with Gasteiger partial charge in [0.25, 0.3) is 0 Å². The van der Waals surface area contributed by atoms with Crippen molar-refractivity contribution < 1.29 is 0 Å². The number of pyridine rings is 1. The summed E-state index contributed by atoms with van der Waals surface area (Å²) >= 11 is 0. The molecule has 0 saturated heterocycles. The fourth-order valence-electron chi connectivity index (χ4n) is 1.68. The molecule has 0 spiro atoms. The summed E-state index contributed by atoms with van der Waals surface area (Å²) in [6, 6.07) is 8.15. The van der Waals surface area contributed by atoms with E-state index < -0.39 is 0 Å². The molecule has 0 aliphatic heterocycles. The minimum atomic E-state index is 0.751. The summed E-state index contributed by atoms with van der Waals surface area (Å²) < 4.78 is 1.98. The van der Waals surface area contributed by atoms with E-state index in [9.17, 15) is 0 Å². The molecular weight excluding hydrogens is 186 g/mol. The van der Waals surface area contributed by atoms with E-state index >= 15 is 0 Å². The molecule has 0 amide bonds. The Morgan fingerprint density at radius 2 is 1.93 bits per heavy atom. The van der Waals surface area contributed by atoms with Gasteiger partial charge in [-0.3, -0.25) is 9.67 Å². The second kappa shape index (κ2) is 3.85. The molecule has 0 saturated carbocycles. The Balaban J connectivity index is 2.25. The quantitative estimate of drug-likeness (QED) is 0.746. The minimum Gasteiger partial charge on any atom is -0.264 e. The first-order valence-electron chi connectivity index (χ1n) is 5.09. The molecule has 2 aromatic heterocycles. The predicted octanol–water partition coefficient (Wildman–Crippen LogP) is 2.25. The van der Waals surface area contributed by atoms with Crippen molar-refractivity contribution in [1.29, 1.82) is 0 Å². The molecule has 0 aliphatic carbocycles. The number of aromatic nitrogens is 3. The van der Waals surface area contributed by atoms with Gasteiger partial charge in [-0.2, -0.15) is 5.10 Å². The van der Waals surface area contributed by atoms with Gasteiger partial charge in [-0.05, 0) is 39.0 Å². The Morgan fingerprint density at radius 1 is 1.13 bits per heavy atom.